The maximum Gasteiger partial charge on any atom is 0.243 e. The molecule has 0 unspecified atom stereocenters. The molecule has 1 aliphatic heterocycles. The van der Waals surface area contributed by atoms with Gasteiger partial charge >= 0.3 is 0 Å². The number of rotatable bonds is 0. The average Bonchev–Trinajstić information content (AvgIpc) is 2.61. The number of hydrogen-bond acceptors (Lipinski definition) is 3. The molecule has 2 heterocycles. The van der Waals surface area contributed by atoms with Crippen molar-refractivity contribution in [2.24, 2.45) is 7.05 Å². The van der Waals surface area contributed by atoms with Crippen LogP contribution in [0.3, 0.4) is 0 Å². The largest absolute Gasteiger partial charge is 0.340 e. The van der Waals surface area contributed by atoms with E-state index in [-0.39, 0.29) is 22.9 Å². The molecule has 3 rings (SSSR count). The first kappa shape index (κ1) is 10.5. The molecule has 0 spiro atoms. The van der Waals surface area contributed by atoms with Crippen LogP contribution in [-0.4, -0.2) is 25.3 Å². The lowest BCUT2D eigenvalue weighted by atomic mass is 10.2. The summed E-state index contributed by atoms with van der Waals surface area (Å²) in [6.07, 6.45) is 0. The van der Waals surface area contributed by atoms with Gasteiger partial charge in [-0.05, 0) is 6.07 Å². The maximum atomic E-state index is 12.0. The van der Waals surface area contributed by atoms with Gasteiger partial charge < -0.3 is 4.57 Å². The van der Waals surface area contributed by atoms with Gasteiger partial charge in [0.1, 0.15) is 10.6 Å². The lowest BCUT2D eigenvalue weighted by Gasteiger charge is -2.14. The van der Waals surface area contributed by atoms with Crippen molar-refractivity contribution in [1.29, 1.82) is 0 Å². The van der Waals surface area contributed by atoms with E-state index in [1.807, 2.05) is 6.07 Å². The second-order valence-electron chi connectivity index (χ2n) is 4.00. The van der Waals surface area contributed by atoms with Gasteiger partial charge in [0.05, 0.1) is 6.54 Å². The van der Waals surface area contributed by atoms with Crippen LogP contribution in [0.1, 0.15) is 10.5 Å². The summed E-state index contributed by atoms with van der Waals surface area (Å²) in [6, 6.07) is 7.10. The molecule has 1 aliphatic rings. The summed E-state index contributed by atoms with van der Waals surface area (Å²) in [7, 11) is -1.86. The minimum atomic E-state index is -3.57. The van der Waals surface area contributed by atoms with E-state index in [2.05, 4.69) is 4.72 Å². The summed E-state index contributed by atoms with van der Waals surface area (Å²) in [5.41, 5.74) is 1.02. The number of aryl methyl sites for hydroxylation is 1. The highest BCUT2D eigenvalue weighted by molar-refractivity contribution is 7.90. The van der Waals surface area contributed by atoms with Crippen molar-refractivity contribution in [3.05, 3.63) is 30.0 Å². The normalized spacial score (nSPS) is 18.3. The highest BCUT2D eigenvalue weighted by Gasteiger charge is 2.34. The Hall–Kier alpha value is -1.66. The number of aromatic nitrogens is 1. The van der Waals surface area contributed by atoms with Crippen molar-refractivity contribution in [2.75, 3.05) is 6.54 Å². The molecule has 17 heavy (non-hydrogen) atoms. The van der Waals surface area contributed by atoms with Gasteiger partial charge in [0.2, 0.25) is 10.0 Å². The van der Waals surface area contributed by atoms with E-state index in [1.165, 1.54) is 0 Å². The monoisotopic (exact) mass is 250 g/mol. The topological polar surface area (TPSA) is 68.2 Å². The van der Waals surface area contributed by atoms with E-state index in [0.717, 1.165) is 5.52 Å². The number of para-hydroxylation sites is 1. The summed E-state index contributed by atoms with van der Waals surface area (Å²) in [4.78, 5) is 11.9. The summed E-state index contributed by atoms with van der Waals surface area (Å²) in [5.74, 6) is -0.200. The van der Waals surface area contributed by atoms with Crippen LogP contribution in [0.2, 0.25) is 0 Å². The molecule has 6 heteroatoms. The number of nitrogens with one attached hydrogen (secondary N) is 1. The fourth-order valence-corrected chi connectivity index (χ4v) is 3.69. The average molecular weight is 250 g/mol. The van der Waals surface area contributed by atoms with E-state index < -0.39 is 10.0 Å². The van der Waals surface area contributed by atoms with Crippen LogP contribution in [0.5, 0.6) is 0 Å². The molecule has 5 nitrogen and oxygen atoms in total. The Morgan fingerprint density at radius 3 is 2.76 bits per heavy atom. The molecule has 0 fully saturated rings. The van der Waals surface area contributed by atoms with Gasteiger partial charge in [0.25, 0.3) is 0 Å². The fraction of sp³-hybridized carbons (Fsp3) is 0.182. The number of hydrogen-bond donors (Lipinski definition) is 1. The zero-order valence-corrected chi connectivity index (χ0v) is 9.91. The van der Waals surface area contributed by atoms with Crippen molar-refractivity contribution in [1.82, 2.24) is 9.29 Å². The summed E-state index contributed by atoms with van der Waals surface area (Å²) in [6.45, 7) is -0.167. The van der Waals surface area contributed by atoms with Crippen LogP contribution < -0.4 is 4.72 Å². The Kier molecular flexibility index (Phi) is 1.96. The first-order chi connectivity index (χ1) is 8.02. The van der Waals surface area contributed by atoms with Gasteiger partial charge in [0.15, 0.2) is 5.78 Å². The smallest absolute Gasteiger partial charge is 0.243 e. The molecule has 1 aromatic heterocycles. The summed E-state index contributed by atoms with van der Waals surface area (Å²) >= 11 is 0. The van der Waals surface area contributed by atoms with Gasteiger partial charge in [0, 0.05) is 18.0 Å². The molecule has 0 atom stereocenters. The number of sulfonamides is 1. The van der Waals surface area contributed by atoms with E-state index in [9.17, 15) is 13.2 Å². The van der Waals surface area contributed by atoms with Crippen LogP contribution >= 0.6 is 0 Å². The second-order valence-corrected chi connectivity index (χ2v) is 5.71. The number of carbonyl (C=O) groups excluding carboxylic acids is 1. The van der Waals surface area contributed by atoms with Crippen molar-refractivity contribution >= 4 is 26.7 Å². The highest BCUT2D eigenvalue weighted by Crippen LogP contribution is 2.31. The number of ketones is 1. The Morgan fingerprint density at radius 2 is 2.00 bits per heavy atom. The predicted octanol–water partition coefficient (Wildman–Crippen LogP) is 0.653. The SMILES string of the molecule is Cn1c2c(c3ccccc31)S(=O)(=O)NCC2=O. The molecule has 0 bridgehead atoms. The number of nitrogens with zero attached hydrogens (tertiary/aromatic N) is 1. The predicted molar refractivity (Wildman–Crippen MR) is 62.4 cm³/mol. The number of Topliss-reactive ketones (excluding diaryl/α,β-unsaturated/α-hetero) is 1. The lowest BCUT2D eigenvalue weighted by Crippen LogP contribution is -2.36. The quantitative estimate of drug-likeness (QED) is 0.746. The molecular weight excluding hydrogens is 240 g/mol. The van der Waals surface area contributed by atoms with Gasteiger partial charge in [-0.1, -0.05) is 18.2 Å². The van der Waals surface area contributed by atoms with E-state index in [1.54, 1.807) is 29.8 Å². The molecule has 0 amide bonds. The van der Waals surface area contributed by atoms with Crippen molar-refractivity contribution < 1.29 is 13.2 Å². The Labute approximate surface area is 98.1 Å². The fourth-order valence-electron chi connectivity index (χ4n) is 2.26. The van der Waals surface area contributed by atoms with Crippen molar-refractivity contribution in [2.45, 2.75) is 4.90 Å². The molecular formula is C11H10N2O3S. The Morgan fingerprint density at radius 1 is 1.29 bits per heavy atom. The molecule has 1 aromatic carbocycles. The van der Waals surface area contributed by atoms with Crippen LogP contribution in [-0.2, 0) is 17.1 Å². The summed E-state index contributed by atoms with van der Waals surface area (Å²) in [5, 5.41) is 0.588. The first-order valence-electron chi connectivity index (χ1n) is 5.12. The number of carbonyl (C=O) groups is 1. The first-order valence-corrected chi connectivity index (χ1v) is 6.61. The molecule has 0 aliphatic carbocycles. The third kappa shape index (κ3) is 1.28. The Balaban J connectivity index is 2.59. The maximum absolute atomic E-state index is 12.0. The molecule has 0 saturated heterocycles. The van der Waals surface area contributed by atoms with Gasteiger partial charge in [-0.3, -0.25) is 4.79 Å². The summed E-state index contributed by atoms with van der Waals surface area (Å²) < 4.78 is 27.9. The zero-order chi connectivity index (χ0) is 12.2. The molecule has 2 aromatic rings. The second kappa shape index (κ2) is 3.18. The molecule has 88 valence electrons. The minimum absolute atomic E-state index is 0.104. The van der Waals surface area contributed by atoms with Gasteiger partial charge in [-0.2, -0.15) is 0 Å². The highest BCUT2D eigenvalue weighted by atomic mass is 32.2. The van der Waals surface area contributed by atoms with Gasteiger partial charge in [-0.25, -0.2) is 13.1 Å². The number of benzene rings is 1. The van der Waals surface area contributed by atoms with Crippen LogP contribution in [0.4, 0.5) is 0 Å². The third-order valence-corrected chi connectivity index (χ3v) is 4.49. The van der Waals surface area contributed by atoms with E-state index in [4.69, 9.17) is 0 Å². The lowest BCUT2D eigenvalue weighted by molar-refractivity contribution is 0.0983. The van der Waals surface area contributed by atoms with Gasteiger partial charge in [-0.15, -0.1) is 0 Å². The van der Waals surface area contributed by atoms with Crippen molar-refractivity contribution in [3.8, 4) is 0 Å². The number of fused-ring (bicyclic) bond motifs is 3. The van der Waals surface area contributed by atoms with Crippen LogP contribution in [0.15, 0.2) is 29.2 Å². The Bertz CT molecular complexity index is 743. The minimum Gasteiger partial charge on any atom is -0.340 e. The molecule has 1 N–H and O–H groups in total. The van der Waals surface area contributed by atoms with E-state index >= 15 is 0 Å². The zero-order valence-electron chi connectivity index (χ0n) is 9.10. The van der Waals surface area contributed by atoms with Crippen molar-refractivity contribution in [3.63, 3.8) is 0 Å². The third-order valence-electron chi connectivity index (χ3n) is 3.02. The standard InChI is InChI=1S/C11H10N2O3S/c1-13-8-5-3-2-4-7(8)11-10(13)9(14)6-12-17(11,15)16/h2-5,12H,6H2,1H3. The molecule has 0 saturated carbocycles. The van der Waals surface area contributed by atoms with Crippen LogP contribution in [0, 0.1) is 0 Å². The molecule has 0 radical (unpaired) electrons. The van der Waals surface area contributed by atoms with E-state index in [0.29, 0.717) is 5.39 Å². The van der Waals surface area contributed by atoms with Crippen LogP contribution in [0.25, 0.3) is 10.9 Å².